The summed E-state index contributed by atoms with van der Waals surface area (Å²) in [6.45, 7) is 6.33. The van der Waals surface area contributed by atoms with Crippen molar-refractivity contribution in [2.24, 2.45) is 17.1 Å². The van der Waals surface area contributed by atoms with Gasteiger partial charge in [0.1, 0.15) is 0 Å². The Labute approximate surface area is 145 Å². The summed E-state index contributed by atoms with van der Waals surface area (Å²) >= 11 is 0. The first-order valence-corrected chi connectivity index (χ1v) is 8.72. The molecule has 3 rings (SSSR count). The molecule has 3 fully saturated rings. The zero-order valence-electron chi connectivity index (χ0n) is 14.3. The second-order valence-electron chi connectivity index (χ2n) is 8.03. The molecule has 2 saturated heterocycles. The van der Waals surface area contributed by atoms with Gasteiger partial charge in [-0.2, -0.15) is 0 Å². The van der Waals surface area contributed by atoms with Crippen LogP contribution >= 0.6 is 12.4 Å². The van der Waals surface area contributed by atoms with Gasteiger partial charge in [-0.3, -0.25) is 9.59 Å². The number of amides is 2. The van der Waals surface area contributed by atoms with Crippen LogP contribution in [0.15, 0.2) is 0 Å². The predicted octanol–water partition coefficient (Wildman–Crippen LogP) is 1.79. The standard InChI is InChI=1S/C17H29N3O2.ClH/c1-17(2)11-19(8-7-14(17)18)16(22)12-9-15(21)20(10-12)13-5-3-4-6-13;/h12-14H,3-11,18H2,1-2H3;1H. The number of rotatable bonds is 2. The molecule has 0 spiro atoms. The Kier molecular flexibility index (Phi) is 5.62. The lowest BCUT2D eigenvalue weighted by atomic mass is 9.79. The Bertz CT molecular complexity index is 463. The third-order valence-corrected chi connectivity index (χ3v) is 5.90. The van der Waals surface area contributed by atoms with Gasteiger partial charge in [0.25, 0.3) is 0 Å². The van der Waals surface area contributed by atoms with Crippen LogP contribution in [0.2, 0.25) is 0 Å². The molecule has 2 unspecified atom stereocenters. The smallest absolute Gasteiger partial charge is 0.228 e. The van der Waals surface area contributed by atoms with Gasteiger partial charge in [-0.05, 0) is 24.7 Å². The van der Waals surface area contributed by atoms with Crippen molar-refractivity contribution in [1.82, 2.24) is 9.80 Å². The highest BCUT2D eigenvalue weighted by molar-refractivity contribution is 5.89. The molecule has 1 aliphatic carbocycles. The predicted molar refractivity (Wildman–Crippen MR) is 92.3 cm³/mol. The van der Waals surface area contributed by atoms with E-state index >= 15 is 0 Å². The minimum atomic E-state index is -0.141. The van der Waals surface area contributed by atoms with Crippen molar-refractivity contribution >= 4 is 24.2 Å². The Morgan fingerprint density at radius 3 is 2.48 bits per heavy atom. The van der Waals surface area contributed by atoms with E-state index in [0.29, 0.717) is 25.6 Å². The van der Waals surface area contributed by atoms with E-state index < -0.39 is 0 Å². The minimum Gasteiger partial charge on any atom is -0.342 e. The SMILES string of the molecule is CC1(C)CN(C(=O)C2CC(=O)N(C3CCCC3)C2)CCC1N.Cl. The summed E-state index contributed by atoms with van der Waals surface area (Å²) in [5.74, 6) is 0.199. The molecule has 132 valence electrons. The van der Waals surface area contributed by atoms with E-state index in [9.17, 15) is 9.59 Å². The molecule has 23 heavy (non-hydrogen) atoms. The van der Waals surface area contributed by atoms with Crippen LogP contribution in [0.1, 0.15) is 52.4 Å². The molecule has 0 aromatic heterocycles. The molecule has 0 aromatic rings. The van der Waals surface area contributed by atoms with Crippen LogP contribution in [0.25, 0.3) is 0 Å². The fourth-order valence-corrected chi connectivity index (χ4v) is 4.29. The average Bonchev–Trinajstić information content (AvgIpc) is 3.10. The monoisotopic (exact) mass is 343 g/mol. The number of nitrogens with two attached hydrogens (primary N) is 1. The number of hydrogen-bond donors (Lipinski definition) is 1. The number of carbonyl (C=O) groups is 2. The maximum absolute atomic E-state index is 12.8. The number of halogens is 1. The molecule has 2 atom stereocenters. The third kappa shape index (κ3) is 3.66. The van der Waals surface area contributed by atoms with Gasteiger partial charge in [-0.15, -0.1) is 12.4 Å². The highest BCUT2D eigenvalue weighted by atomic mass is 35.5. The number of hydrogen-bond acceptors (Lipinski definition) is 3. The Morgan fingerprint density at radius 2 is 1.87 bits per heavy atom. The zero-order valence-corrected chi connectivity index (χ0v) is 15.1. The fourth-order valence-electron chi connectivity index (χ4n) is 4.29. The number of likely N-dealkylation sites (tertiary alicyclic amines) is 2. The van der Waals surface area contributed by atoms with E-state index in [-0.39, 0.29) is 41.6 Å². The third-order valence-electron chi connectivity index (χ3n) is 5.90. The first kappa shape index (κ1) is 18.5. The first-order valence-electron chi connectivity index (χ1n) is 8.72. The summed E-state index contributed by atoms with van der Waals surface area (Å²) < 4.78 is 0. The van der Waals surface area contributed by atoms with E-state index in [4.69, 9.17) is 5.73 Å². The van der Waals surface area contributed by atoms with Crippen molar-refractivity contribution in [1.29, 1.82) is 0 Å². The van der Waals surface area contributed by atoms with E-state index in [0.717, 1.165) is 25.8 Å². The summed E-state index contributed by atoms with van der Waals surface area (Å²) in [6, 6.07) is 0.535. The molecule has 2 amide bonds. The number of carbonyl (C=O) groups excluding carboxylic acids is 2. The summed E-state index contributed by atoms with van der Waals surface area (Å²) in [6.07, 6.45) is 5.90. The summed E-state index contributed by atoms with van der Waals surface area (Å²) in [5.41, 5.74) is 6.11. The normalized spacial score (nSPS) is 31.3. The molecule has 1 saturated carbocycles. The lowest BCUT2D eigenvalue weighted by Gasteiger charge is -2.43. The van der Waals surface area contributed by atoms with Crippen molar-refractivity contribution in [3.8, 4) is 0 Å². The van der Waals surface area contributed by atoms with Gasteiger partial charge < -0.3 is 15.5 Å². The molecule has 0 radical (unpaired) electrons. The van der Waals surface area contributed by atoms with Gasteiger partial charge in [0.2, 0.25) is 11.8 Å². The van der Waals surface area contributed by atoms with Gasteiger partial charge in [0, 0.05) is 38.1 Å². The quantitative estimate of drug-likeness (QED) is 0.831. The topological polar surface area (TPSA) is 66.6 Å². The number of piperidine rings is 1. The van der Waals surface area contributed by atoms with Crippen LogP contribution in [-0.2, 0) is 9.59 Å². The number of nitrogens with zero attached hydrogens (tertiary/aromatic N) is 2. The molecule has 3 aliphatic rings. The molecule has 2 aliphatic heterocycles. The average molecular weight is 344 g/mol. The highest BCUT2D eigenvalue weighted by Gasteiger charge is 2.42. The van der Waals surface area contributed by atoms with Gasteiger partial charge in [-0.1, -0.05) is 26.7 Å². The van der Waals surface area contributed by atoms with Crippen molar-refractivity contribution < 1.29 is 9.59 Å². The summed E-state index contributed by atoms with van der Waals surface area (Å²) in [7, 11) is 0. The molecule has 5 nitrogen and oxygen atoms in total. The van der Waals surface area contributed by atoms with Gasteiger partial charge in [-0.25, -0.2) is 0 Å². The fraction of sp³-hybridized carbons (Fsp3) is 0.882. The van der Waals surface area contributed by atoms with Crippen LogP contribution in [0.3, 0.4) is 0 Å². The van der Waals surface area contributed by atoms with Gasteiger partial charge in [0.05, 0.1) is 5.92 Å². The van der Waals surface area contributed by atoms with E-state index in [1.54, 1.807) is 0 Å². The lowest BCUT2D eigenvalue weighted by Crippen LogP contribution is -2.55. The maximum Gasteiger partial charge on any atom is 0.228 e. The second kappa shape index (κ2) is 6.98. The largest absolute Gasteiger partial charge is 0.342 e. The molecular formula is C17H30ClN3O2. The molecule has 2 heterocycles. The minimum absolute atomic E-state index is 0. The van der Waals surface area contributed by atoms with Crippen molar-refractivity contribution in [3.63, 3.8) is 0 Å². The van der Waals surface area contributed by atoms with E-state index in [1.165, 1.54) is 12.8 Å². The van der Waals surface area contributed by atoms with Crippen LogP contribution in [0, 0.1) is 11.3 Å². The second-order valence-corrected chi connectivity index (χ2v) is 8.03. The van der Waals surface area contributed by atoms with Crippen molar-refractivity contribution in [2.75, 3.05) is 19.6 Å². The van der Waals surface area contributed by atoms with E-state index in [2.05, 4.69) is 13.8 Å². The van der Waals surface area contributed by atoms with Crippen LogP contribution < -0.4 is 5.73 Å². The first-order chi connectivity index (χ1) is 10.4. The van der Waals surface area contributed by atoms with Gasteiger partial charge in [0.15, 0.2) is 0 Å². The maximum atomic E-state index is 12.8. The summed E-state index contributed by atoms with van der Waals surface area (Å²) in [4.78, 5) is 29.0. The summed E-state index contributed by atoms with van der Waals surface area (Å²) in [5, 5.41) is 0. The van der Waals surface area contributed by atoms with Gasteiger partial charge >= 0.3 is 0 Å². The van der Waals surface area contributed by atoms with Crippen LogP contribution in [-0.4, -0.2) is 53.3 Å². The Balaban J connectivity index is 0.00000192. The Morgan fingerprint density at radius 1 is 1.22 bits per heavy atom. The molecule has 0 aromatic carbocycles. The van der Waals surface area contributed by atoms with E-state index in [1.807, 2.05) is 9.80 Å². The van der Waals surface area contributed by atoms with Crippen molar-refractivity contribution in [3.05, 3.63) is 0 Å². The molecular weight excluding hydrogens is 314 g/mol. The lowest BCUT2D eigenvalue weighted by molar-refractivity contribution is -0.139. The molecule has 2 N–H and O–H groups in total. The van der Waals surface area contributed by atoms with Crippen LogP contribution in [0.5, 0.6) is 0 Å². The zero-order chi connectivity index (χ0) is 15.9. The van der Waals surface area contributed by atoms with Crippen LogP contribution in [0.4, 0.5) is 0 Å². The Hall–Kier alpha value is -0.810. The molecule has 0 bridgehead atoms. The molecule has 6 heteroatoms. The van der Waals surface area contributed by atoms with Crippen molar-refractivity contribution in [2.45, 2.75) is 64.5 Å². The highest BCUT2D eigenvalue weighted by Crippen LogP contribution is 2.32.